The first kappa shape index (κ1) is 13.5. The standard InChI is InChI=1S/C15H17NO3S/c17-14(19-10-5-1-2-6-10)9-13-15(18)16-11-7-3-4-8-12(11)20-13/h3-4,7-8,10,13H,1-2,5-6,9H2,(H,16,18)/t13-/m1/s1. The molecule has 0 aromatic heterocycles. The first-order valence-electron chi connectivity index (χ1n) is 6.98. The highest BCUT2D eigenvalue weighted by molar-refractivity contribution is 8.01. The van der Waals surface area contributed by atoms with Gasteiger partial charge in [0.25, 0.3) is 0 Å². The van der Waals surface area contributed by atoms with Crippen LogP contribution in [0.2, 0.25) is 0 Å². The second kappa shape index (κ2) is 5.87. The Morgan fingerprint density at radius 3 is 2.85 bits per heavy atom. The number of rotatable bonds is 3. The normalized spacial score (nSPS) is 22.2. The fourth-order valence-corrected chi connectivity index (χ4v) is 3.71. The zero-order chi connectivity index (χ0) is 13.9. The van der Waals surface area contributed by atoms with Crippen molar-refractivity contribution >= 4 is 29.3 Å². The second-order valence-electron chi connectivity index (χ2n) is 5.19. The fraction of sp³-hybridized carbons (Fsp3) is 0.467. The minimum atomic E-state index is -0.390. The smallest absolute Gasteiger partial charge is 0.307 e. The Balaban J connectivity index is 1.60. The van der Waals surface area contributed by atoms with E-state index in [-0.39, 0.29) is 29.7 Å². The summed E-state index contributed by atoms with van der Waals surface area (Å²) in [5.41, 5.74) is 0.822. The highest BCUT2D eigenvalue weighted by Crippen LogP contribution is 2.36. The number of carbonyl (C=O) groups is 2. The average Bonchev–Trinajstić information content (AvgIpc) is 2.92. The van der Waals surface area contributed by atoms with Gasteiger partial charge < -0.3 is 10.1 Å². The minimum Gasteiger partial charge on any atom is -0.462 e. The van der Waals surface area contributed by atoms with Crippen LogP contribution in [0.4, 0.5) is 5.69 Å². The van der Waals surface area contributed by atoms with Crippen LogP contribution in [0.15, 0.2) is 29.2 Å². The molecule has 1 amide bonds. The van der Waals surface area contributed by atoms with Crippen molar-refractivity contribution in [1.82, 2.24) is 0 Å². The second-order valence-corrected chi connectivity index (χ2v) is 6.44. The van der Waals surface area contributed by atoms with Gasteiger partial charge in [0.2, 0.25) is 5.91 Å². The number of amides is 1. The molecule has 3 rings (SSSR count). The van der Waals surface area contributed by atoms with Gasteiger partial charge in [-0.2, -0.15) is 0 Å². The molecule has 4 nitrogen and oxygen atoms in total. The number of para-hydroxylation sites is 1. The molecule has 1 fully saturated rings. The maximum Gasteiger partial charge on any atom is 0.307 e. The predicted octanol–water partition coefficient (Wildman–Crippen LogP) is 2.98. The van der Waals surface area contributed by atoms with Gasteiger partial charge in [0.1, 0.15) is 6.10 Å². The molecule has 1 aliphatic carbocycles. The third kappa shape index (κ3) is 2.98. The van der Waals surface area contributed by atoms with Gasteiger partial charge in [-0.3, -0.25) is 9.59 Å². The zero-order valence-electron chi connectivity index (χ0n) is 11.1. The van der Waals surface area contributed by atoms with Gasteiger partial charge in [-0.15, -0.1) is 11.8 Å². The monoisotopic (exact) mass is 291 g/mol. The topological polar surface area (TPSA) is 55.4 Å². The lowest BCUT2D eigenvalue weighted by molar-refractivity contribution is -0.149. The molecule has 1 saturated carbocycles. The Morgan fingerprint density at radius 1 is 1.30 bits per heavy atom. The van der Waals surface area contributed by atoms with Gasteiger partial charge in [0.05, 0.1) is 17.4 Å². The molecule has 1 heterocycles. The quantitative estimate of drug-likeness (QED) is 0.870. The number of fused-ring (bicyclic) bond motifs is 1. The summed E-state index contributed by atoms with van der Waals surface area (Å²) in [6.07, 6.45) is 4.37. The van der Waals surface area contributed by atoms with Crippen molar-refractivity contribution in [1.29, 1.82) is 0 Å². The van der Waals surface area contributed by atoms with Crippen molar-refractivity contribution in [2.45, 2.75) is 48.4 Å². The lowest BCUT2D eigenvalue weighted by atomic mass is 10.2. The molecule has 1 aromatic rings. The van der Waals surface area contributed by atoms with Gasteiger partial charge in [-0.05, 0) is 37.8 Å². The molecule has 20 heavy (non-hydrogen) atoms. The summed E-state index contributed by atoms with van der Waals surface area (Å²) >= 11 is 1.44. The summed E-state index contributed by atoms with van der Waals surface area (Å²) in [5.74, 6) is -0.374. The molecule has 2 aliphatic rings. The molecule has 1 atom stereocenters. The molecule has 1 aromatic carbocycles. The molecule has 106 valence electrons. The molecular weight excluding hydrogens is 274 g/mol. The van der Waals surface area contributed by atoms with E-state index in [1.807, 2.05) is 24.3 Å². The summed E-state index contributed by atoms with van der Waals surface area (Å²) in [4.78, 5) is 24.9. The summed E-state index contributed by atoms with van der Waals surface area (Å²) in [6.45, 7) is 0. The van der Waals surface area contributed by atoms with Gasteiger partial charge in [-0.25, -0.2) is 0 Å². The lowest BCUT2D eigenvalue weighted by Crippen LogP contribution is -2.32. The van der Waals surface area contributed by atoms with Crippen LogP contribution in [0.3, 0.4) is 0 Å². The zero-order valence-corrected chi connectivity index (χ0v) is 11.9. The first-order valence-corrected chi connectivity index (χ1v) is 7.86. The number of benzene rings is 1. The highest BCUT2D eigenvalue weighted by Gasteiger charge is 2.30. The Kier molecular flexibility index (Phi) is 3.96. The Bertz CT molecular complexity index is 526. The number of anilines is 1. The van der Waals surface area contributed by atoms with E-state index in [1.165, 1.54) is 11.8 Å². The third-order valence-corrected chi connectivity index (χ3v) is 4.93. The van der Waals surface area contributed by atoms with Gasteiger partial charge in [0.15, 0.2) is 0 Å². The van der Waals surface area contributed by atoms with Gasteiger partial charge in [-0.1, -0.05) is 12.1 Å². The first-order chi connectivity index (χ1) is 9.72. The van der Waals surface area contributed by atoms with Crippen molar-refractivity contribution in [2.24, 2.45) is 0 Å². The average molecular weight is 291 g/mol. The molecule has 0 spiro atoms. The van der Waals surface area contributed by atoms with Crippen molar-refractivity contribution in [3.05, 3.63) is 24.3 Å². The van der Waals surface area contributed by atoms with Crippen molar-refractivity contribution in [3.63, 3.8) is 0 Å². The molecular formula is C15H17NO3S. The number of hydrogen-bond donors (Lipinski definition) is 1. The van der Waals surface area contributed by atoms with Crippen LogP contribution in [0.1, 0.15) is 32.1 Å². The largest absolute Gasteiger partial charge is 0.462 e. The number of esters is 1. The predicted molar refractivity (Wildman–Crippen MR) is 77.7 cm³/mol. The fourth-order valence-electron chi connectivity index (χ4n) is 2.62. The maximum atomic E-state index is 12.0. The van der Waals surface area contributed by atoms with Crippen LogP contribution >= 0.6 is 11.8 Å². The van der Waals surface area contributed by atoms with Crippen LogP contribution in [0, 0.1) is 0 Å². The van der Waals surface area contributed by atoms with Crippen LogP contribution in [-0.4, -0.2) is 23.2 Å². The summed E-state index contributed by atoms with van der Waals surface area (Å²) in [7, 11) is 0. The number of ether oxygens (including phenoxy) is 1. The third-order valence-electron chi connectivity index (χ3n) is 3.66. The van der Waals surface area contributed by atoms with Gasteiger partial charge in [0, 0.05) is 4.90 Å². The Morgan fingerprint density at radius 2 is 2.05 bits per heavy atom. The molecule has 5 heteroatoms. The van der Waals surface area contributed by atoms with E-state index in [1.54, 1.807) is 0 Å². The van der Waals surface area contributed by atoms with E-state index < -0.39 is 0 Å². The van der Waals surface area contributed by atoms with Crippen molar-refractivity contribution in [3.8, 4) is 0 Å². The minimum absolute atomic E-state index is 0.0615. The maximum absolute atomic E-state index is 12.0. The molecule has 1 aliphatic heterocycles. The number of nitrogens with one attached hydrogen (secondary N) is 1. The number of carbonyl (C=O) groups excluding carboxylic acids is 2. The summed E-state index contributed by atoms with van der Waals surface area (Å²) in [6, 6.07) is 7.63. The SMILES string of the molecule is O=C(C[C@H]1Sc2ccccc2NC1=O)OC1CCCC1. The Hall–Kier alpha value is -1.49. The van der Waals surface area contributed by atoms with E-state index in [0.29, 0.717) is 0 Å². The van der Waals surface area contributed by atoms with Gasteiger partial charge >= 0.3 is 5.97 Å². The number of hydrogen-bond acceptors (Lipinski definition) is 4. The van der Waals surface area contributed by atoms with Crippen molar-refractivity contribution in [2.75, 3.05) is 5.32 Å². The van der Waals surface area contributed by atoms with Crippen LogP contribution < -0.4 is 5.32 Å². The summed E-state index contributed by atoms with van der Waals surface area (Å²) in [5, 5.41) is 2.45. The van der Waals surface area contributed by atoms with E-state index >= 15 is 0 Å². The summed E-state index contributed by atoms with van der Waals surface area (Å²) < 4.78 is 5.42. The van der Waals surface area contributed by atoms with Crippen LogP contribution in [-0.2, 0) is 14.3 Å². The van der Waals surface area contributed by atoms with E-state index in [9.17, 15) is 9.59 Å². The lowest BCUT2D eigenvalue weighted by Gasteiger charge is -2.23. The Labute approximate surface area is 122 Å². The highest BCUT2D eigenvalue weighted by atomic mass is 32.2. The molecule has 0 radical (unpaired) electrons. The van der Waals surface area contributed by atoms with Crippen molar-refractivity contribution < 1.29 is 14.3 Å². The van der Waals surface area contributed by atoms with E-state index in [0.717, 1.165) is 36.3 Å². The molecule has 0 unspecified atom stereocenters. The van der Waals surface area contributed by atoms with E-state index in [2.05, 4.69) is 5.32 Å². The van der Waals surface area contributed by atoms with Crippen LogP contribution in [0.25, 0.3) is 0 Å². The molecule has 1 N–H and O–H groups in total. The number of thioether (sulfide) groups is 1. The van der Waals surface area contributed by atoms with E-state index in [4.69, 9.17) is 4.74 Å². The molecule has 0 saturated heterocycles. The van der Waals surface area contributed by atoms with Crippen LogP contribution in [0.5, 0.6) is 0 Å². The molecule has 0 bridgehead atoms.